The van der Waals surface area contributed by atoms with Crippen LogP contribution >= 0.6 is 35.3 Å². The first-order valence-corrected chi connectivity index (χ1v) is 11.6. The summed E-state index contributed by atoms with van der Waals surface area (Å²) >= 11 is 5.67. The second-order valence-corrected chi connectivity index (χ2v) is 9.45. The lowest BCUT2D eigenvalue weighted by molar-refractivity contribution is 0.830. The number of allylic oxidation sites excluding steroid dienone is 3. The maximum atomic E-state index is 9.08. The summed E-state index contributed by atoms with van der Waals surface area (Å²) in [6.07, 6.45) is 6.32. The fraction of sp³-hybridized carbons (Fsp3) is 0.300. The highest BCUT2D eigenvalue weighted by Gasteiger charge is 2.24. The number of hydrogen-bond donors (Lipinski definition) is 0. The van der Waals surface area contributed by atoms with Crippen LogP contribution in [-0.2, 0) is 0 Å². The normalized spacial score (nSPS) is 20.8. The highest BCUT2D eigenvalue weighted by Crippen LogP contribution is 2.45. The summed E-state index contributed by atoms with van der Waals surface area (Å²) < 4.78 is 0. The Morgan fingerprint density at radius 1 is 1.15 bits per heavy atom. The molecule has 0 saturated heterocycles. The Balaban J connectivity index is 1.63. The molecule has 0 unspecified atom stereocenters. The summed E-state index contributed by atoms with van der Waals surface area (Å²) in [5.74, 6) is 3.99. The number of anilines is 1. The lowest BCUT2D eigenvalue weighted by Gasteiger charge is -2.36. The third-order valence-electron chi connectivity index (χ3n) is 4.51. The quantitative estimate of drug-likeness (QED) is 0.514. The highest BCUT2D eigenvalue weighted by molar-refractivity contribution is 8.00. The minimum Gasteiger partial charge on any atom is -0.368 e. The van der Waals surface area contributed by atoms with Crippen LogP contribution in [0.4, 0.5) is 5.69 Å². The predicted molar refractivity (Wildman–Crippen MR) is 114 cm³/mol. The van der Waals surface area contributed by atoms with Crippen molar-refractivity contribution in [3.05, 3.63) is 58.1 Å². The second-order valence-electron chi connectivity index (χ2n) is 6.19. The smallest absolute Gasteiger partial charge is 0.265 e. The molecule has 3 aliphatic rings. The Labute approximate surface area is 167 Å². The van der Waals surface area contributed by atoms with Crippen LogP contribution in [0.2, 0.25) is 0 Å². The first kappa shape index (κ1) is 17.7. The van der Waals surface area contributed by atoms with Crippen LogP contribution in [0, 0.1) is 17.9 Å². The van der Waals surface area contributed by atoms with Crippen molar-refractivity contribution in [3.8, 4) is 6.07 Å². The van der Waals surface area contributed by atoms with Crippen LogP contribution < -0.4 is 4.90 Å². The van der Waals surface area contributed by atoms with Crippen molar-refractivity contribution < 1.29 is 0 Å². The van der Waals surface area contributed by atoms with Crippen molar-refractivity contribution in [2.75, 3.05) is 41.0 Å². The number of nitriles is 1. The summed E-state index contributed by atoms with van der Waals surface area (Å²) in [5, 5.41) is 9.08. The molecule has 3 heterocycles. The van der Waals surface area contributed by atoms with E-state index in [-0.39, 0.29) is 5.70 Å². The Morgan fingerprint density at radius 2 is 1.88 bits per heavy atom. The largest absolute Gasteiger partial charge is 0.368 e. The van der Waals surface area contributed by atoms with Crippen molar-refractivity contribution >= 4 is 47.0 Å². The SMILES string of the molecule is [C-]#[N+]C(C#N)=C1C=C(C=Cc2cc3c4c(c2)SCCN4CCS3)CSC1. The zero-order valence-corrected chi connectivity index (χ0v) is 16.6. The first-order chi connectivity index (χ1) is 12.8. The van der Waals surface area contributed by atoms with Crippen LogP contribution in [0.5, 0.6) is 0 Å². The molecule has 0 bridgehead atoms. The Kier molecular flexibility index (Phi) is 5.36. The highest BCUT2D eigenvalue weighted by atomic mass is 32.2. The second kappa shape index (κ2) is 7.88. The number of hydrogen-bond acceptors (Lipinski definition) is 5. The molecule has 6 heteroatoms. The van der Waals surface area contributed by atoms with E-state index in [1.165, 1.54) is 26.6 Å². The molecule has 0 atom stereocenters. The van der Waals surface area contributed by atoms with Gasteiger partial charge in [0.05, 0.1) is 18.3 Å². The van der Waals surface area contributed by atoms with Crippen molar-refractivity contribution in [1.82, 2.24) is 0 Å². The summed E-state index contributed by atoms with van der Waals surface area (Å²) in [6.45, 7) is 9.44. The molecule has 0 aliphatic carbocycles. The topological polar surface area (TPSA) is 31.4 Å². The van der Waals surface area contributed by atoms with Gasteiger partial charge < -0.3 is 4.90 Å². The van der Waals surface area contributed by atoms with E-state index >= 15 is 0 Å². The Hall–Kier alpha value is -1.73. The molecule has 0 spiro atoms. The van der Waals surface area contributed by atoms with Crippen molar-refractivity contribution in [1.29, 1.82) is 5.26 Å². The van der Waals surface area contributed by atoms with Gasteiger partial charge in [0.1, 0.15) is 0 Å². The zero-order chi connectivity index (χ0) is 17.9. The van der Waals surface area contributed by atoms with Gasteiger partial charge >= 0.3 is 0 Å². The fourth-order valence-electron chi connectivity index (χ4n) is 3.29. The molecule has 0 aromatic heterocycles. The van der Waals surface area contributed by atoms with E-state index in [0.29, 0.717) is 0 Å². The van der Waals surface area contributed by atoms with E-state index in [0.717, 1.165) is 41.7 Å². The third-order valence-corrected chi connectivity index (χ3v) is 7.58. The monoisotopic (exact) mass is 395 g/mol. The van der Waals surface area contributed by atoms with Crippen LogP contribution in [0.15, 0.2) is 50.9 Å². The van der Waals surface area contributed by atoms with Crippen molar-refractivity contribution in [2.45, 2.75) is 9.79 Å². The van der Waals surface area contributed by atoms with E-state index < -0.39 is 0 Å². The van der Waals surface area contributed by atoms with Crippen molar-refractivity contribution in [2.24, 2.45) is 0 Å². The van der Waals surface area contributed by atoms with Gasteiger partial charge in [0.2, 0.25) is 0 Å². The van der Waals surface area contributed by atoms with Gasteiger partial charge in [-0.25, -0.2) is 10.1 Å². The van der Waals surface area contributed by atoms with Crippen LogP contribution in [0.1, 0.15) is 5.56 Å². The minimum atomic E-state index is 0.217. The van der Waals surface area contributed by atoms with Crippen molar-refractivity contribution in [3.63, 3.8) is 0 Å². The average Bonchev–Trinajstić information content (AvgIpc) is 2.68. The maximum Gasteiger partial charge on any atom is 0.265 e. The number of rotatable bonds is 2. The van der Waals surface area contributed by atoms with Gasteiger partial charge in [0, 0.05) is 45.9 Å². The van der Waals surface area contributed by atoms with E-state index in [1.54, 1.807) is 11.8 Å². The van der Waals surface area contributed by atoms with Gasteiger partial charge in [-0.3, -0.25) is 0 Å². The number of thioether (sulfide) groups is 3. The molecule has 0 N–H and O–H groups in total. The van der Waals surface area contributed by atoms with Gasteiger partial charge in [-0.15, -0.1) is 23.5 Å². The molecule has 1 aromatic rings. The minimum absolute atomic E-state index is 0.217. The summed E-state index contributed by atoms with van der Waals surface area (Å²) in [4.78, 5) is 8.66. The van der Waals surface area contributed by atoms with Gasteiger partial charge in [0.25, 0.3) is 5.70 Å². The molecule has 26 heavy (non-hydrogen) atoms. The van der Waals surface area contributed by atoms with E-state index in [2.05, 4.69) is 34.0 Å². The van der Waals surface area contributed by atoms with Gasteiger partial charge in [-0.2, -0.15) is 11.8 Å². The maximum absolute atomic E-state index is 9.08. The number of benzene rings is 1. The van der Waals surface area contributed by atoms with E-state index in [4.69, 9.17) is 11.8 Å². The standard InChI is InChI=1S/C20H17N3S3/c1-22-17(11-21)16-8-15(12-24-13-16)3-2-14-9-18-20-19(10-14)26-7-5-23(20)4-6-25-18/h2-3,8-10H,4-7,12-13H2. The Morgan fingerprint density at radius 3 is 2.54 bits per heavy atom. The molecule has 3 nitrogen and oxygen atoms in total. The predicted octanol–water partition coefficient (Wildman–Crippen LogP) is 5.09. The molecule has 0 amide bonds. The van der Waals surface area contributed by atoms with Crippen LogP contribution in [0.25, 0.3) is 10.9 Å². The van der Waals surface area contributed by atoms with E-state index in [1.807, 2.05) is 35.7 Å². The molecule has 0 saturated carbocycles. The van der Waals surface area contributed by atoms with Crippen LogP contribution in [-0.4, -0.2) is 36.1 Å². The lowest BCUT2D eigenvalue weighted by Crippen LogP contribution is -2.34. The molecular formula is C20H17N3S3. The lowest BCUT2D eigenvalue weighted by atomic mass is 10.1. The third kappa shape index (κ3) is 3.55. The summed E-state index contributed by atoms with van der Waals surface area (Å²) in [7, 11) is 0. The average molecular weight is 396 g/mol. The first-order valence-electron chi connectivity index (χ1n) is 8.44. The molecule has 1 aromatic carbocycles. The fourth-order valence-corrected chi connectivity index (χ4v) is 6.56. The zero-order valence-electron chi connectivity index (χ0n) is 14.2. The molecule has 0 radical (unpaired) electrons. The summed E-state index contributed by atoms with van der Waals surface area (Å²) in [5.41, 5.74) is 4.90. The van der Waals surface area contributed by atoms with Gasteiger partial charge in [-0.1, -0.05) is 18.2 Å². The molecule has 3 aliphatic heterocycles. The summed E-state index contributed by atoms with van der Waals surface area (Å²) in [6, 6.07) is 6.60. The molecular weight excluding hydrogens is 378 g/mol. The molecule has 130 valence electrons. The molecule has 0 fully saturated rings. The van der Waals surface area contributed by atoms with Gasteiger partial charge in [0.15, 0.2) is 0 Å². The van der Waals surface area contributed by atoms with Crippen LogP contribution in [0.3, 0.4) is 0 Å². The van der Waals surface area contributed by atoms with Gasteiger partial charge in [-0.05, 0) is 28.8 Å². The Bertz CT molecular complexity index is 868. The van der Waals surface area contributed by atoms with E-state index in [9.17, 15) is 0 Å². The number of nitrogens with zero attached hydrogens (tertiary/aromatic N) is 3. The molecule has 4 rings (SSSR count).